The van der Waals surface area contributed by atoms with Crippen molar-refractivity contribution in [2.24, 2.45) is 5.92 Å². The van der Waals surface area contributed by atoms with Crippen LogP contribution in [0.1, 0.15) is 42.4 Å². The lowest BCUT2D eigenvalue weighted by molar-refractivity contribution is 0.0553. The zero-order valence-corrected chi connectivity index (χ0v) is 12.6. The largest absolute Gasteiger partial charge is 0.381 e. The summed E-state index contributed by atoms with van der Waals surface area (Å²) in [4.78, 5) is 11.9. The highest BCUT2D eigenvalue weighted by molar-refractivity contribution is 5.12. The molecule has 2 aliphatic heterocycles. The second-order valence-electron chi connectivity index (χ2n) is 6.31. The van der Waals surface area contributed by atoms with Crippen molar-refractivity contribution in [3.05, 3.63) is 23.3 Å². The minimum atomic E-state index is 0.522. The lowest BCUT2D eigenvalue weighted by Crippen LogP contribution is -2.30. The van der Waals surface area contributed by atoms with Gasteiger partial charge in [-0.2, -0.15) is 0 Å². The molecule has 0 bridgehead atoms. The summed E-state index contributed by atoms with van der Waals surface area (Å²) in [7, 11) is 0. The van der Waals surface area contributed by atoms with Crippen molar-refractivity contribution in [1.29, 1.82) is 0 Å². The molecule has 0 spiro atoms. The third kappa shape index (κ3) is 3.36. The van der Waals surface area contributed by atoms with Crippen LogP contribution in [0, 0.1) is 19.8 Å². The molecule has 1 atom stereocenters. The van der Waals surface area contributed by atoms with Crippen LogP contribution < -0.4 is 0 Å². The normalized spacial score (nSPS) is 25.2. The highest BCUT2D eigenvalue weighted by Crippen LogP contribution is 2.27. The maximum Gasteiger partial charge on any atom is 0.133 e. The molecule has 3 rings (SSSR count). The molecule has 0 radical (unpaired) electrons. The van der Waals surface area contributed by atoms with Gasteiger partial charge in [-0.05, 0) is 51.6 Å². The standard InChI is InChI=1S/C16H25N3O/c1-12-9-13(2)18-16(17-12)15-3-6-19(11-15)10-14-4-7-20-8-5-14/h9,14-15H,3-8,10-11H2,1-2H3/t15-/m1/s1. The van der Waals surface area contributed by atoms with Gasteiger partial charge in [-0.25, -0.2) is 9.97 Å². The van der Waals surface area contributed by atoms with E-state index in [0.717, 1.165) is 42.9 Å². The van der Waals surface area contributed by atoms with Gasteiger partial charge in [-0.15, -0.1) is 0 Å². The van der Waals surface area contributed by atoms with Crippen LogP contribution in [-0.4, -0.2) is 47.7 Å². The molecule has 1 aromatic rings. The quantitative estimate of drug-likeness (QED) is 0.848. The molecule has 4 heteroatoms. The first kappa shape index (κ1) is 14.0. The van der Waals surface area contributed by atoms with Crippen LogP contribution in [0.2, 0.25) is 0 Å². The van der Waals surface area contributed by atoms with Crippen LogP contribution >= 0.6 is 0 Å². The number of aromatic nitrogens is 2. The maximum atomic E-state index is 5.44. The average molecular weight is 275 g/mol. The van der Waals surface area contributed by atoms with Crippen LogP contribution in [0.5, 0.6) is 0 Å². The van der Waals surface area contributed by atoms with Crippen LogP contribution in [0.3, 0.4) is 0 Å². The monoisotopic (exact) mass is 275 g/mol. The van der Waals surface area contributed by atoms with Gasteiger partial charge in [0, 0.05) is 43.6 Å². The van der Waals surface area contributed by atoms with Crippen molar-refractivity contribution in [2.75, 3.05) is 32.8 Å². The predicted molar refractivity (Wildman–Crippen MR) is 78.8 cm³/mol. The predicted octanol–water partition coefficient (Wildman–Crippen LogP) is 2.31. The summed E-state index contributed by atoms with van der Waals surface area (Å²) in [5.41, 5.74) is 2.19. The summed E-state index contributed by atoms with van der Waals surface area (Å²) in [6.07, 6.45) is 3.65. The van der Waals surface area contributed by atoms with E-state index in [9.17, 15) is 0 Å². The summed E-state index contributed by atoms with van der Waals surface area (Å²) < 4.78 is 5.44. The molecule has 0 amide bonds. The van der Waals surface area contributed by atoms with E-state index < -0.39 is 0 Å². The Hall–Kier alpha value is -1.00. The van der Waals surface area contributed by atoms with Gasteiger partial charge in [-0.1, -0.05) is 0 Å². The fraction of sp³-hybridized carbons (Fsp3) is 0.750. The Kier molecular flexibility index (Phi) is 4.32. The molecule has 0 aromatic carbocycles. The molecule has 1 aromatic heterocycles. The molecular formula is C16H25N3O. The van der Waals surface area contributed by atoms with Crippen molar-refractivity contribution in [2.45, 2.75) is 39.0 Å². The minimum Gasteiger partial charge on any atom is -0.381 e. The molecule has 4 nitrogen and oxygen atoms in total. The first-order valence-corrected chi connectivity index (χ1v) is 7.83. The summed E-state index contributed by atoms with van der Waals surface area (Å²) >= 11 is 0. The Bertz CT molecular complexity index is 437. The molecule has 0 saturated carbocycles. The zero-order valence-electron chi connectivity index (χ0n) is 12.6. The van der Waals surface area contributed by atoms with E-state index >= 15 is 0 Å². The van der Waals surface area contributed by atoms with E-state index in [1.807, 2.05) is 0 Å². The van der Waals surface area contributed by atoms with Crippen molar-refractivity contribution < 1.29 is 4.74 Å². The molecule has 2 aliphatic rings. The smallest absolute Gasteiger partial charge is 0.133 e. The van der Waals surface area contributed by atoms with E-state index in [2.05, 4.69) is 34.8 Å². The Labute approximate surface area is 121 Å². The van der Waals surface area contributed by atoms with Gasteiger partial charge in [0.1, 0.15) is 5.82 Å². The highest BCUT2D eigenvalue weighted by Gasteiger charge is 2.28. The Morgan fingerprint density at radius 2 is 1.85 bits per heavy atom. The molecule has 0 unspecified atom stereocenters. The number of hydrogen-bond donors (Lipinski definition) is 0. The Balaban J connectivity index is 1.58. The first-order chi connectivity index (χ1) is 9.70. The van der Waals surface area contributed by atoms with Gasteiger partial charge in [-0.3, -0.25) is 0 Å². The van der Waals surface area contributed by atoms with Crippen LogP contribution in [-0.2, 0) is 4.74 Å². The zero-order chi connectivity index (χ0) is 13.9. The molecule has 2 fully saturated rings. The Morgan fingerprint density at radius 1 is 1.15 bits per heavy atom. The molecule has 110 valence electrons. The fourth-order valence-electron chi connectivity index (χ4n) is 3.44. The van der Waals surface area contributed by atoms with Crippen LogP contribution in [0.15, 0.2) is 6.07 Å². The summed E-state index contributed by atoms with van der Waals surface area (Å²) in [6, 6.07) is 2.05. The second kappa shape index (κ2) is 6.19. The van der Waals surface area contributed by atoms with Gasteiger partial charge in [0.2, 0.25) is 0 Å². The number of ether oxygens (including phenoxy) is 1. The van der Waals surface area contributed by atoms with E-state index in [0.29, 0.717) is 5.92 Å². The lowest BCUT2D eigenvalue weighted by Gasteiger charge is -2.26. The minimum absolute atomic E-state index is 0.522. The Morgan fingerprint density at radius 3 is 2.55 bits per heavy atom. The second-order valence-corrected chi connectivity index (χ2v) is 6.31. The number of hydrogen-bond acceptors (Lipinski definition) is 4. The summed E-state index contributed by atoms with van der Waals surface area (Å²) in [6.45, 7) is 9.56. The van der Waals surface area contributed by atoms with Gasteiger partial charge >= 0.3 is 0 Å². The molecule has 3 heterocycles. The topological polar surface area (TPSA) is 38.2 Å². The van der Waals surface area contributed by atoms with E-state index in [4.69, 9.17) is 4.74 Å². The maximum absolute atomic E-state index is 5.44. The molecular weight excluding hydrogens is 250 g/mol. The van der Waals surface area contributed by atoms with E-state index in [-0.39, 0.29) is 0 Å². The third-order valence-corrected chi connectivity index (χ3v) is 4.49. The first-order valence-electron chi connectivity index (χ1n) is 7.83. The number of aryl methyl sites for hydroxylation is 2. The van der Waals surface area contributed by atoms with Crippen molar-refractivity contribution in [3.8, 4) is 0 Å². The summed E-state index contributed by atoms with van der Waals surface area (Å²) in [5.74, 6) is 2.40. The average Bonchev–Trinajstić information content (AvgIpc) is 2.87. The molecule has 0 aliphatic carbocycles. The molecule has 20 heavy (non-hydrogen) atoms. The van der Waals surface area contributed by atoms with Crippen molar-refractivity contribution in [3.63, 3.8) is 0 Å². The van der Waals surface area contributed by atoms with Gasteiger partial charge in [0.15, 0.2) is 0 Å². The summed E-state index contributed by atoms with van der Waals surface area (Å²) in [5, 5.41) is 0. The van der Waals surface area contributed by atoms with Crippen molar-refractivity contribution in [1.82, 2.24) is 14.9 Å². The molecule has 2 saturated heterocycles. The lowest BCUT2D eigenvalue weighted by atomic mass is 10.00. The molecule has 0 N–H and O–H groups in total. The third-order valence-electron chi connectivity index (χ3n) is 4.49. The van der Waals surface area contributed by atoms with Crippen LogP contribution in [0.4, 0.5) is 0 Å². The number of likely N-dealkylation sites (tertiary alicyclic amines) is 1. The fourth-order valence-corrected chi connectivity index (χ4v) is 3.44. The SMILES string of the molecule is Cc1cc(C)nc([C@@H]2CCN(CC3CCOCC3)C2)n1. The van der Waals surface area contributed by atoms with Crippen LogP contribution in [0.25, 0.3) is 0 Å². The number of nitrogens with zero attached hydrogens (tertiary/aromatic N) is 3. The van der Waals surface area contributed by atoms with Gasteiger partial charge in [0.25, 0.3) is 0 Å². The van der Waals surface area contributed by atoms with E-state index in [1.165, 1.54) is 32.4 Å². The highest BCUT2D eigenvalue weighted by atomic mass is 16.5. The van der Waals surface area contributed by atoms with Crippen molar-refractivity contribution >= 4 is 0 Å². The van der Waals surface area contributed by atoms with Gasteiger partial charge in [0.05, 0.1) is 0 Å². The van der Waals surface area contributed by atoms with E-state index in [1.54, 1.807) is 0 Å². The van der Waals surface area contributed by atoms with Gasteiger partial charge < -0.3 is 9.64 Å². The number of rotatable bonds is 3.